The Bertz CT molecular complexity index is 234. The van der Waals surface area contributed by atoms with Gasteiger partial charge in [-0.1, -0.05) is 13.8 Å². The van der Waals surface area contributed by atoms with Gasteiger partial charge in [0.1, 0.15) is 0 Å². The molecule has 0 radical (unpaired) electrons. The van der Waals surface area contributed by atoms with Gasteiger partial charge in [-0.15, -0.1) is 0 Å². The van der Waals surface area contributed by atoms with Crippen molar-refractivity contribution in [2.75, 3.05) is 26.3 Å². The van der Waals surface area contributed by atoms with E-state index in [0.717, 1.165) is 38.3 Å². The van der Waals surface area contributed by atoms with Crippen molar-refractivity contribution < 1.29 is 4.74 Å². The average molecular weight is 240 g/mol. The van der Waals surface area contributed by atoms with Gasteiger partial charge in [0.2, 0.25) is 0 Å². The zero-order valence-electron chi connectivity index (χ0n) is 11.6. The summed E-state index contributed by atoms with van der Waals surface area (Å²) in [6.45, 7) is 11.0. The number of likely N-dealkylation sites (N-methyl/N-ethyl adjacent to an activating group) is 1. The fourth-order valence-corrected chi connectivity index (χ4v) is 3.45. The molecule has 3 nitrogen and oxygen atoms in total. The minimum Gasteiger partial charge on any atom is -0.379 e. The van der Waals surface area contributed by atoms with Crippen molar-refractivity contribution in [1.82, 2.24) is 10.2 Å². The Hall–Kier alpha value is -0.120. The molecule has 1 heterocycles. The van der Waals surface area contributed by atoms with E-state index in [1.165, 1.54) is 19.3 Å². The molecule has 4 atom stereocenters. The van der Waals surface area contributed by atoms with Crippen molar-refractivity contribution in [2.45, 2.75) is 58.2 Å². The molecule has 100 valence electrons. The van der Waals surface area contributed by atoms with E-state index >= 15 is 0 Å². The van der Waals surface area contributed by atoms with E-state index in [4.69, 9.17) is 4.74 Å². The molecule has 4 unspecified atom stereocenters. The zero-order chi connectivity index (χ0) is 12.3. The molecule has 0 aromatic heterocycles. The molecule has 0 bridgehead atoms. The quantitative estimate of drug-likeness (QED) is 0.815. The third-order valence-electron chi connectivity index (χ3n) is 4.39. The van der Waals surface area contributed by atoms with Crippen LogP contribution in [-0.4, -0.2) is 49.3 Å². The summed E-state index contributed by atoms with van der Waals surface area (Å²) in [5.74, 6) is 0.880. The molecular weight excluding hydrogens is 212 g/mol. The summed E-state index contributed by atoms with van der Waals surface area (Å²) < 4.78 is 5.56. The van der Waals surface area contributed by atoms with Crippen LogP contribution >= 0.6 is 0 Å². The Morgan fingerprint density at radius 1 is 1.29 bits per heavy atom. The fourth-order valence-electron chi connectivity index (χ4n) is 3.45. The topological polar surface area (TPSA) is 24.5 Å². The Balaban J connectivity index is 2.02. The number of morpholine rings is 1. The lowest BCUT2D eigenvalue weighted by molar-refractivity contribution is -0.0412. The van der Waals surface area contributed by atoms with Gasteiger partial charge in [0.15, 0.2) is 0 Å². The molecule has 0 aromatic rings. The largest absolute Gasteiger partial charge is 0.379 e. The van der Waals surface area contributed by atoms with E-state index in [2.05, 4.69) is 31.0 Å². The van der Waals surface area contributed by atoms with Crippen molar-refractivity contribution >= 4 is 0 Å². The molecule has 1 N–H and O–H groups in total. The van der Waals surface area contributed by atoms with Crippen LogP contribution in [0.2, 0.25) is 0 Å². The average Bonchev–Trinajstić information content (AvgIpc) is 2.32. The standard InChI is InChI=1S/C14H28N2O/c1-4-15-13-6-5-11(2)9-14(13)16-7-8-17-10-12(16)3/h11-15H,4-10H2,1-3H3. The molecule has 0 spiro atoms. The summed E-state index contributed by atoms with van der Waals surface area (Å²) in [7, 11) is 0. The Morgan fingerprint density at radius 2 is 2.12 bits per heavy atom. The molecular formula is C14H28N2O. The van der Waals surface area contributed by atoms with Crippen molar-refractivity contribution in [2.24, 2.45) is 5.92 Å². The first-order valence-corrected chi connectivity index (χ1v) is 7.29. The van der Waals surface area contributed by atoms with Gasteiger partial charge in [-0.05, 0) is 38.6 Å². The van der Waals surface area contributed by atoms with Crippen LogP contribution in [0, 0.1) is 5.92 Å². The minimum absolute atomic E-state index is 0.584. The van der Waals surface area contributed by atoms with E-state index in [0.29, 0.717) is 12.1 Å². The Labute approximate surface area is 106 Å². The highest BCUT2D eigenvalue weighted by Crippen LogP contribution is 2.29. The van der Waals surface area contributed by atoms with Gasteiger partial charge in [0.25, 0.3) is 0 Å². The van der Waals surface area contributed by atoms with Gasteiger partial charge in [0.05, 0.1) is 13.2 Å². The van der Waals surface area contributed by atoms with Crippen LogP contribution in [0.1, 0.15) is 40.0 Å². The molecule has 3 heteroatoms. The van der Waals surface area contributed by atoms with E-state index in [1.807, 2.05) is 0 Å². The number of hydrogen-bond acceptors (Lipinski definition) is 3. The Kier molecular flexibility index (Phi) is 4.83. The molecule has 1 saturated heterocycles. The monoisotopic (exact) mass is 240 g/mol. The van der Waals surface area contributed by atoms with Gasteiger partial charge < -0.3 is 10.1 Å². The van der Waals surface area contributed by atoms with E-state index in [9.17, 15) is 0 Å². The van der Waals surface area contributed by atoms with Crippen LogP contribution in [-0.2, 0) is 4.74 Å². The number of rotatable bonds is 3. The van der Waals surface area contributed by atoms with Crippen LogP contribution in [0.25, 0.3) is 0 Å². The van der Waals surface area contributed by atoms with Crippen molar-refractivity contribution in [3.63, 3.8) is 0 Å². The van der Waals surface area contributed by atoms with Crippen LogP contribution in [0.5, 0.6) is 0 Å². The molecule has 0 aromatic carbocycles. The van der Waals surface area contributed by atoms with Crippen LogP contribution in [0.15, 0.2) is 0 Å². The first-order chi connectivity index (χ1) is 8.22. The molecule has 1 aliphatic heterocycles. The summed E-state index contributed by atoms with van der Waals surface area (Å²) in [4.78, 5) is 2.69. The number of nitrogens with zero attached hydrogens (tertiary/aromatic N) is 1. The molecule has 1 saturated carbocycles. The summed E-state index contributed by atoms with van der Waals surface area (Å²) in [6.07, 6.45) is 4.07. The maximum atomic E-state index is 5.56. The highest BCUT2D eigenvalue weighted by Gasteiger charge is 2.35. The maximum absolute atomic E-state index is 5.56. The van der Waals surface area contributed by atoms with Gasteiger partial charge in [-0.3, -0.25) is 4.90 Å². The lowest BCUT2D eigenvalue weighted by Crippen LogP contribution is -2.58. The predicted molar refractivity (Wildman–Crippen MR) is 71.3 cm³/mol. The molecule has 2 fully saturated rings. The summed E-state index contributed by atoms with van der Waals surface area (Å²) >= 11 is 0. The lowest BCUT2D eigenvalue weighted by atomic mass is 9.82. The van der Waals surface area contributed by atoms with Crippen molar-refractivity contribution in [3.8, 4) is 0 Å². The summed E-state index contributed by atoms with van der Waals surface area (Å²) in [6, 6.07) is 1.99. The SMILES string of the molecule is CCNC1CCC(C)CC1N1CCOCC1C. The maximum Gasteiger partial charge on any atom is 0.0619 e. The second-order valence-electron chi connectivity index (χ2n) is 5.81. The minimum atomic E-state index is 0.584. The van der Waals surface area contributed by atoms with Gasteiger partial charge in [-0.25, -0.2) is 0 Å². The zero-order valence-corrected chi connectivity index (χ0v) is 11.6. The first-order valence-electron chi connectivity index (χ1n) is 7.29. The second-order valence-corrected chi connectivity index (χ2v) is 5.81. The first kappa shape index (κ1) is 13.3. The highest BCUT2D eigenvalue weighted by molar-refractivity contribution is 4.92. The van der Waals surface area contributed by atoms with E-state index in [-0.39, 0.29) is 0 Å². The molecule has 1 aliphatic carbocycles. The van der Waals surface area contributed by atoms with E-state index in [1.54, 1.807) is 0 Å². The number of nitrogens with one attached hydrogen (secondary N) is 1. The van der Waals surface area contributed by atoms with Crippen LogP contribution in [0.4, 0.5) is 0 Å². The van der Waals surface area contributed by atoms with Gasteiger partial charge >= 0.3 is 0 Å². The predicted octanol–water partition coefficient (Wildman–Crippen LogP) is 1.87. The second kappa shape index (κ2) is 6.17. The van der Waals surface area contributed by atoms with Crippen molar-refractivity contribution in [1.29, 1.82) is 0 Å². The van der Waals surface area contributed by atoms with Crippen LogP contribution < -0.4 is 5.32 Å². The highest BCUT2D eigenvalue weighted by atomic mass is 16.5. The fraction of sp³-hybridized carbons (Fsp3) is 1.00. The third kappa shape index (κ3) is 3.21. The Morgan fingerprint density at radius 3 is 2.82 bits per heavy atom. The van der Waals surface area contributed by atoms with Gasteiger partial charge in [0, 0.05) is 24.7 Å². The van der Waals surface area contributed by atoms with Crippen LogP contribution in [0.3, 0.4) is 0 Å². The summed E-state index contributed by atoms with van der Waals surface area (Å²) in [5.41, 5.74) is 0. The third-order valence-corrected chi connectivity index (χ3v) is 4.39. The normalized spacial score (nSPS) is 40.4. The van der Waals surface area contributed by atoms with Gasteiger partial charge in [-0.2, -0.15) is 0 Å². The molecule has 2 aliphatic rings. The number of ether oxygens (including phenoxy) is 1. The van der Waals surface area contributed by atoms with Crippen molar-refractivity contribution in [3.05, 3.63) is 0 Å². The smallest absolute Gasteiger partial charge is 0.0619 e. The molecule has 0 amide bonds. The number of hydrogen-bond donors (Lipinski definition) is 1. The molecule has 17 heavy (non-hydrogen) atoms. The lowest BCUT2D eigenvalue weighted by Gasteiger charge is -2.46. The summed E-state index contributed by atoms with van der Waals surface area (Å²) in [5, 5.41) is 3.69. The van der Waals surface area contributed by atoms with E-state index < -0.39 is 0 Å². The molecule has 2 rings (SSSR count).